The molecule has 3 aromatic carbocycles. The normalized spacial score (nSPS) is 11.3. The van der Waals surface area contributed by atoms with Crippen LogP contribution in [-0.4, -0.2) is 44.3 Å². The van der Waals surface area contributed by atoms with Crippen LogP contribution in [-0.2, 0) is 16.4 Å². The predicted molar refractivity (Wildman–Crippen MR) is 144 cm³/mol. The molecule has 0 saturated carbocycles. The third-order valence-corrected chi connectivity index (χ3v) is 7.07. The fraction of sp³-hybridized carbons (Fsp3) is 0.231. The number of aliphatic hydroxyl groups is 1. The molecule has 0 aliphatic carbocycles. The molecule has 0 spiro atoms. The van der Waals surface area contributed by atoms with Gasteiger partial charge in [-0.3, -0.25) is 4.72 Å². The van der Waals surface area contributed by atoms with Crippen LogP contribution in [0.4, 0.5) is 23.0 Å². The highest BCUT2D eigenvalue weighted by molar-refractivity contribution is 7.92. The molecule has 11 heteroatoms. The Kier molecular flexibility index (Phi) is 7.95. The van der Waals surface area contributed by atoms with E-state index in [-0.39, 0.29) is 23.1 Å². The minimum atomic E-state index is -3.99. The number of unbranched alkanes of at least 4 members (excludes halogenated alkanes) is 1. The van der Waals surface area contributed by atoms with Gasteiger partial charge in [-0.1, -0.05) is 12.1 Å². The van der Waals surface area contributed by atoms with Crippen molar-refractivity contribution in [1.82, 2.24) is 9.97 Å². The lowest BCUT2D eigenvalue weighted by atomic mass is 10.0. The number of ether oxygens (including phenoxy) is 2. The van der Waals surface area contributed by atoms with Crippen molar-refractivity contribution >= 4 is 44.1 Å². The number of para-hydroxylation sites is 2. The van der Waals surface area contributed by atoms with Crippen LogP contribution in [0.3, 0.4) is 0 Å². The van der Waals surface area contributed by atoms with Crippen LogP contribution in [0.25, 0.3) is 11.0 Å². The molecule has 0 atom stereocenters. The molecule has 37 heavy (non-hydrogen) atoms. The summed E-state index contributed by atoms with van der Waals surface area (Å²) in [7, 11) is -0.879. The fourth-order valence-corrected chi connectivity index (χ4v) is 4.83. The molecular formula is C26H29N5O5S. The number of aromatic nitrogens is 2. The largest absolute Gasteiger partial charge is 0.497 e. The second-order valence-corrected chi connectivity index (χ2v) is 9.93. The molecule has 5 N–H and O–H groups in total. The molecule has 0 radical (unpaired) electrons. The van der Waals surface area contributed by atoms with Crippen LogP contribution in [0.15, 0.2) is 65.6 Å². The molecule has 0 amide bonds. The Morgan fingerprint density at radius 1 is 0.919 bits per heavy atom. The van der Waals surface area contributed by atoms with Crippen molar-refractivity contribution in [2.45, 2.75) is 24.2 Å². The van der Waals surface area contributed by atoms with E-state index in [4.69, 9.17) is 15.2 Å². The zero-order chi connectivity index (χ0) is 26.4. The summed E-state index contributed by atoms with van der Waals surface area (Å²) in [6, 6.07) is 16.6. The number of anilines is 4. The van der Waals surface area contributed by atoms with Crippen molar-refractivity contribution in [3.8, 4) is 11.5 Å². The molecule has 0 fully saturated rings. The Morgan fingerprint density at radius 3 is 2.22 bits per heavy atom. The Bertz CT molecular complexity index is 1490. The van der Waals surface area contributed by atoms with Gasteiger partial charge < -0.3 is 25.6 Å². The molecular weight excluding hydrogens is 494 g/mol. The number of nitrogens with zero attached hydrogens (tertiary/aromatic N) is 2. The molecule has 0 aliphatic heterocycles. The highest BCUT2D eigenvalue weighted by Gasteiger charge is 2.21. The number of hydrogen-bond donors (Lipinski definition) is 4. The second-order valence-electron chi connectivity index (χ2n) is 8.25. The molecule has 10 nitrogen and oxygen atoms in total. The Morgan fingerprint density at radius 2 is 1.59 bits per heavy atom. The molecule has 194 valence electrons. The number of nitrogens with one attached hydrogen (secondary N) is 2. The van der Waals surface area contributed by atoms with Crippen molar-refractivity contribution in [3.63, 3.8) is 0 Å². The topological polar surface area (TPSA) is 149 Å². The van der Waals surface area contributed by atoms with Gasteiger partial charge in [-0.25, -0.2) is 18.4 Å². The third kappa shape index (κ3) is 6.01. The summed E-state index contributed by atoms with van der Waals surface area (Å²) in [4.78, 5) is 9.26. The highest BCUT2D eigenvalue weighted by atomic mass is 32.2. The molecule has 0 aliphatic rings. The van der Waals surface area contributed by atoms with Gasteiger partial charge in [-0.15, -0.1) is 0 Å². The van der Waals surface area contributed by atoms with Crippen molar-refractivity contribution in [2.75, 3.05) is 36.6 Å². The maximum absolute atomic E-state index is 13.2. The monoisotopic (exact) mass is 523 g/mol. The standard InChI is InChI=1S/C26H29N5O5S/c1-35-18-15-23(20(7-5-6-14-32)24(16-18)36-2)30-25-26(29-22-9-4-3-8-21(22)28-25)31-37(33,34)19-12-10-17(27)11-13-19/h3-4,8-13,15-16,32H,5-7,14,27H2,1-2H3,(H,28,30)(H,29,31). The smallest absolute Gasteiger partial charge is 0.263 e. The lowest BCUT2D eigenvalue weighted by Crippen LogP contribution is -2.16. The molecule has 0 bridgehead atoms. The highest BCUT2D eigenvalue weighted by Crippen LogP contribution is 2.37. The molecule has 1 heterocycles. The minimum Gasteiger partial charge on any atom is -0.497 e. The van der Waals surface area contributed by atoms with Crippen molar-refractivity contribution in [1.29, 1.82) is 0 Å². The van der Waals surface area contributed by atoms with Crippen molar-refractivity contribution < 1.29 is 23.0 Å². The van der Waals surface area contributed by atoms with E-state index in [0.717, 1.165) is 5.56 Å². The summed E-state index contributed by atoms with van der Waals surface area (Å²) in [5.41, 5.74) is 8.72. The first-order valence-corrected chi connectivity index (χ1v) is 13.1. The van der Waals surface area contributed by atoms with Gasteiger partial charge >= 0.3 is 0 Å². The summed E-state index contributed by atoms with van der Waals surface area (Å²) < 4.78 is 40.0. The van der Waals surface area contributed by atoms with E-state index in [2.05, 4.69) is 20.0 Å². The number of fused-ring (bicyclic) bond motifs is 1. The van der Waals surface area contributed by atoms with E-state index in [1.54, 1.807) is 44.6 Å². The van der Waals surface area contributed by atoms with Gasteiger partial charge in [0.15, 0.2) is 11.6 Å². The molecule has 0 unspecified atom stereocenters. The maximum Gasteiger partial charge on any atom is 0.263 e. The van der Waals surface area contributed by atoms with E-state index in [9.17, 15) is 13.5 Å². The van der Waals surface area contributed by atoms with E-state index in [1.807, 2.05) is 6.07 Å². The fourth-order valence-electron chi connectivity index (χ4n) is 3.82. The summed E-state index contributed by atoms with van der Waals surface area (Å²) in [5.74, 6) is 1.37. The van der Waals surface area contributed by atoms with Crippen molar-refractivity contribution in [3.05, 3.63) is 66.2 Å². The average Bonchev–Trinajstić information content (AvgIpc) is 2.89. The van der Waals surface area contributed by atoms with Gasteiger partial charge in [0, 0.05) is 30.0 Å². The second kappa shape index (κ2) is 11.3. The van der Waals surface area contributed by atoms with E-state index in [1.165, 1.54) is 24.3 Å². The SMILES string of the molecule is COc1cc(Nc2nc3ccccc3nc2NS(=O)(=O)c2ccc(N)cc2)c(CCCCO)c(OC)c1. The number of nitrogens with two attached hydrogens (primary N) is 1. The predicted octanol–water partition coefficient (Wildman–Crippen LogP) is 4.09. The summed E-state index contributed by atoms with van der Waals surface area (Å²) >= 11 is 0. The van der Waals surface area contributed by atoms with E-state index < -0.39 is 10.0 Å². The summed E-state index contributed by atoms with van der Waals surface area (Å²) in [6.07, 6.45) is 1.94. The van der Waals surface area contributed by atoms with Gasteiger partial charge in [0.25, 0.3) is 10.0 Å². The molecule has 4 aromatic rings. The first-order valence-electron chi connectivity index (χ1n) is 11.6. The lowest BCUT2D eigenvalue weighted by Gasteiger charge is -2.19. The number of benzene rings is 3. The van der Waals surface area contributed by atoms with Crippen LogP contribution in [0, 0.1) is 0 Å². The van der Waals surface area contributed by atoms with Crippen LogP contribution in [0.2, 0.25) is 0 Å². The zero-order valence-electron chi connectivity index (χ0n) is 20.6. The summed E-state index contributed by atoms with van der Waals surface area (Å²) in [6.45, 7) is 0.0778. The van der Waals surface area contributed by atoms with E-state index in [0.29, 0.717) is 53.2 Å². The quantitative estimate of drug-likeness (QED) is 0.168. The number of hydrogen-bond acceptors (Lipinski definition) is 9. The summed E-state index contributed by atoms with van der Waals surface area (Å²) in [5, 5.41) is 12.5. The first kappa shape index (κ1) is 26.0. The number of rotatable bonds is 11. The Hall–Kier alpha value is -4.09. The van der Waals surface area contributed by atoms with Crippen LogP contribution < -0.4 is 25.2 Å². The minimum absolute atomic E-state index is 0.0265. The van der Waals surface area contributed by atoms with Crippen LogP contribution in [0.5, 0.6) is 11.5 Å². The average molecular weight is 524 g/mol. The van der Waals surface area contributed by atoms with Gasteiger partial charge in [-0.2, -0.15) is 0 Å². The van der Waals surface area contributed by atoms with Crippen LogP contribution >= 0.6 is 0 Å². The molecule has 0 saturated heterocycles. The van der Waals surface area contributed by atoms with E-state index >= 15 is 0 Å². The first-order chi connectivity index (χ1) is 17.8. The molecule has 4 rings (SSSR count). The van der Waals surface area contributed by atoms with Gasteiger partial charge in [-0.05, 0) is 55.7 Å². The Balaban J connectivity index is 1.81. The van der Waals surface area contributed by atoms with Gasteiger partial charge in [0.05, 0.1) is 35.8 Å². The van der Waals surface area contributed by atoms with Gasteiger partial charge in [0.2, 0.25) is 0 Å². The number of sulfonamides is 1. The number of nitrogen functional groups attached to an aromatic ring is 1. The third-order valence-electron chi connectivity index (χ3n) is 5.72. The van der Waals surface area contributed by atoms with Crippen LogP contribution in [0.1, 0.15) is 18.4 Å². The molecule has 1 aromatic heterocycles. The number of methoxy groups -OCH3 is 2. The van der Waals surface area contributed by atoms with Gasteiger partial charge in [0.1, 0.15) is 11.5 Å². The lowest BCUT2D eigenvalue weighted by molar-refractivity contribution is 0.284. The Labute approximate surface area is 215 Å². The zero-order valence-corrected chi connectivity index (χ0v) is 21.4. The van der Waals surface area contributed by atoms with Crippen molar-refractivity contribution in [2.24, 2.45) is 0 Å². The number of aliphatic hydroxyl groups excluding tert-OH is 1. The maximum atomic E-state index is 13.2.